The van der Waals surface area contributed by atoms with E-state index >= 15 is 0 Å². The van der Waals surface area contributed by atoms with Crippen LogP contribution in [0, 0.1) is 5.92 Å². The standard InChI is InChI=1S/C16H28O3/c1-2-3-4-5-6-7-8-9-10-11-12-15(14-17)13-16(18)19/h10-11,14-15H,2-9,12-13H2,1H3,(H,18,19)/b11-10+. The third-order valence-corrected chi connectivity index (χ3v) is 3.21. The van der Waals surface area contributed by atoms with Gasteiger partial charge in [-0.15, -0.1) is 0 Å². The minimum atomic E-state index is -0.905. The molecule has 3 nitrogen and oxygen atoms in total. The maximum absolute atomic E-state index is 10.6. The number of carbonyl (C=O) groups is 2. The molecule has 1 atom stereocenters. The molecule has 110 valence electrons. The monoisotopic (exact) mass is 268 g/mol. The van der Waals surface area contributed by atoms with E-state index in [-0.39, 0.29) is 12.3 Å². The number of aliphatic carboxylic acids is 1. The molecule has 0 aliphatic carbocycles. The number of allylic oxidation sites excluding steroid dienone is 2. The van der Waals surface area contributed by atoms with Crippen molar-refractivity contribution in [1.29, 1.82) is 0 Å². The number of aldehydes is 1. The van der Waals surface area contributed by atoms with E-state index in [1.807, 2.05) is 6.08 Å². The minimum Gasteiger partial charge on any atom is -0.481 e. The Morgan fingerprint density at radius 3 is 2.26 bits per heavy atom. The van der Waals surface area contributed by atoms with Gasteiger partial charge in [-0.1, -0.05) is 57.6 Å². The van der Waals surface area contributed by atoms with E-state index < -0.39 is 5.97 Å². The lowest BCUT2D eigenvalue weighted by Crippen LogP contribution is -2.07. The van der Waals surface area contributed by atoms with Crippen LogP contribution in [0.1, 0.15) is 71.1 Å². The Morgan fingerprint density at radius 1 is 1.05 bits per heavy atom. The largest absolute Gasteiger partial charge is 0.481 e. The third-order valence-electron chi connectivity index (χ3n) is 3.21. The maximum Gasteiger partial charge on any atom is 0.304 e. The summed E-state index contributed by atoms with van der Waals surface area (Å²) in [6.07, 6.45) is 15.4. The molecule has 0 saturated carbocycles. The van der Waals surface area contributed by atoms with Crippen LogP contribution in [-0.2, 0) is 9.59 Å². The van der Waals surface area contributed by atoms with E-state index in [0.717, 1.165) is 12.7 Å². The van der Waals surface area contributed by atoms with Gasteiger partial charge in [0, 0.05) is 5.92 Å². The zero-order chi connectivity index (χ0) is 14.3. The van der Waals surface area contributed by atoms with Gasteiger partial charge in [-0.2, -0.15) is 0 Å². The van der Waals surface area contributed by atoms with Gasteiger partial charge in [-0.3, -0.25) is 4.79 Å². The lowest BCUT2D eigenvalue weighted by atomic mass is 10.0. The van der Waals surface area contributed by atoms with Crippen molar-refractivity contribution in [3.63, 3.8) is 0 Å². The van der Waals surface area contributed by atoms with E-state index in [1.165, 1.54) is 44.9 Å². The van der Waals surface area contributed by atoms with Crippen molar-refractivity contribution in [3.8, 4) is 0 Å². The second-order valence-corrected chi connectivity index (χ2v) is 5.11. The van der Waals surface area contributed by atoms with Crippen LogP contribution in [0.5, 0.6) is 0 Å². The first-order chi connectivity index (χ1) is 9.20. The minimum absolute atomic E-state index is 0.0642. The Kier molecular flexibility index (Phi) is 12.5. The molecule has 0 aliphatic rings. The van der Waals surface area contributed by atoms with Crippen molar-refractivity contribution in [3.05, 3.63) is 12.2 Å². The summed E-state index contributed by atoms with van der Waals surface area (Å²) >= 11 is 0. The van der Waals surface area contributed by atoms with E-state index in [2.05, 4.69) is 13.0 Å². The molecule has 3 heteroatoms. The summed E-state index contributed by atoms with van der Waals surface area (Å²) in [5.74, 6) is -1.28. The Morgan fingerprint density at radius 2 is 1.68 bits per heavy atom. The summed E-state index contributed by atoms with van der Waals surface area (Å²) in [6, 6.07) is 0. The average molecular weight is 268 g/mol. The molecule has 0 aromatic carbocycles. The smallest absolute Gasteiger partial charge is 0.304 e. The lowest BCUT2D eigenvalue weighted by molar-refractivity contribution is -0.139. The predicted molar refractivity (Wildman–Crippen MR) is 78.2 cm³/mol. The molecule has 0 aromatic rings. The van der Waals surface area contributed by atoms with Gasteiger partial charge in [-0.25, -0.2) is 0 Å². The van der Waals surface area contributed by atoms with E-state index in [1.54, 1.807) is 0 Å². The molecular formula is C16H28O3. The van der Waals surface area contributed by atoms with Gasteiger partial charge in [0.05, 0.1) is 6.42 Å². The molecule has 0 aliphatic heterocycles. The molecule has 0 bridgehead atoms. The van der Waals surface area contributed by atoms with Crippen LogP contribution in [0.4, 0.5) is 0 Å². The van der Waals surface area contributed by atoms with Crippen LogP contribution in [0.15, 0.2) is 12.2 Å². The van der Waals surface area contributed by atoms with Crippen molar-refractivity contribution in [2.75, 3.05) is 0 Å². The highest BCUT2D eigenvalue weighted by Gasteiger charge is 2.09. The van der Waals surface area contributed by atoms with Crippen molar-refractivity contribution >= 4 is 12.3 Å². The van der Waals surface area contributed by atoms with Crippen LogP contribution < -0.4 is 0 Å². The fourth-order valence-electron chi connectivity index (χ4n) is 2.02. The van der Waals surface area contributed by atoms with Crippen LogP contribution in [0.2, 0.25) is 0 Å². The molecule has 0 rings (SSSR count). The first kappa shape index (κ1) is 17.9. The molecule has 0 spiro atoms. The molecule has 0 aromatic heterocycles. The van der Waals surface area contributed by atoms with Gasteiger partial charge < -0.3 is 9.90 Å². The summed E-state index contributed by atoms with van der Waals surface area (Å²) in [6.45, 7) is 2.22. The SMILES string of the molecule is CCCCCCCCC/C=C/CC(C=O)CC(=O)O. The Labute approximate surface area is 117 Å². The molecule has 0 radical (unpaired) electrons. The van der Waals surface area contributed by atoms with Crippen LogP contribution in [-0.4, -0.2) is 17.4 Å². The number of rotatable bonds is 13. The molecule has 19 heavy (non-hydrogen) atoms. The molecule has 0 heterocycles. The fraction of sp³-hybridized carbons (Fsp3) is 0.750. The summed E-state index contributed by atoms with van der Waals surface area (Å²) in [5.41, 5.74) is 0. The highest BCUT2D eigenvalue weighted by molar-refractivity contribution is 5.71. The topological polar surface area (TPSA) is 54.4 Å². The Bertz CT molecular complexity index is 259. The van der Waals surface area contributed by atoms with Gasteiger partial charge >= 0.3 is 5.97 Å². The van der Waals surface area contributed by atoms with Gasteiger partial charge in [0.25, 0.3) is 0 Å². The molecular weight excluding hydrogens is 240 g/mol. The molecule has 1 unspecified atom stereocenters. The number of carboxylic acids is 1. The zero-order valence-electron chi connectivity index (χ0n) is 12.1. The number of carboxylic acid groups (broad SMARTS) is 1. The zero-order valence-corrected chi connectivity index (χ0v) is 12.1. The molecule has 1 N–H and O–H groups in total. The van der Waals surface area contributed by atoms with Gasteiger partial charge in [0.2, 0.25) is 0 Å². The van der Waals surface area contributed by atoms with Crippen molar-refractivity contribution in [2.24, 2.45) is 5.92 Å². The molecule has 0 saturated heterocycles. The van der Waals surface area contributed by atoms with Gasteiger partial charge in [0.15, 0.2) is 0 Å². The maximum atomic E-state index is 10.6. The highest BCUT2D eigenvalue weighted by atomic mass is 16.4. The third kappa shape index (κ3) is 13.1. The van der Waals surface area contributed by atoms with Crippen LogP contribution in [0.3, 0.4) is 0 Å². The molecule has 0 amide bonds. The number of unbranched alkanes of at least 4 members (excludes halogenated alkanes) is 7. The summed E-state index contributed by atoms with van der Waals surface area (Å²) in [5, 5.41) is 8.59. The Hall–Kier alpha value is -1.12. The van der Waals surface area contributed by atoms with Crippen molar-refractivity contribution in [1.82, 2.24) is 0 Å². The van der Waals surface area contributed by atoms with E-state index in [4.69, 9.17) is 5.11 Å². The average Bonchev–Trinajstić information content (AvgIpc) is 2.39. The van der Waals surface area contributed by atoms with Crippen molar-refractivity contribution < 1.29 is 14.7 Å². The fourth-order valence-corrected chi connectivity index (χ4v) is 2.02. The number of hydrogen-bond acceptors (Lipinski definition) is 2. The Balaban J connectivity index is 3.42. The van der Waals surface area contributed by atoms with Crippen LogP contribution >= 0.6 is 0 Å². The second-order valence-electron chi connectivity index (χ2n) is 5.11. The van der Waals surface area contributed by atoms with Gasteiger partial charge in [0.1, 0.15) is 6.29 Å². The number of hydrogen-bond donors (Lipinski definition) is 1. The summed E-state index contributed by atoms with van der Waals surface area (Å²) < 4.78 is 0. The first-order valence-electron chi connectivity index (χ1n) is 7.52. The summed E-state index contributed by atoms with van der Waals surface area (Å²) in [4.78, 5) is 21.1. The van der Waals surface area contributed by atoms with Gasteiger partial charge in [-0.05, 0) is 19.3 Å². The summed E-state index contributed by atoms with van der Waals surface area (Å²) in [7, 11) is 0. The van der Waals surface area contributed by atoms with E-state index in [0.29, 0.717) is 6.42 Å². The number of carbonyl (C=O) groups excluding carboxylic acids is 1. The van der Waals surface area contributed by atoms with Crippen LogP contribution in [0.25, 0.3) is 0 Å². The quantitative estimate of drug-likeness (QED) is 0.307. The van der Waals surface area contributed by atoms with E-state index in [9.17, 15) is 9.59 Å². The van der Waals surface area contributed by atoms with Crippen molar-refractivity contribution in [2.45, 2.75) is 71.1 Å². The highest BCUT2D eigenvalue weighted by Crippen LogP contribution is 2.10. The predicted octanol–water partition coefficient (Wildman–Crippen LogP) is 4.36. The second kappa shape index (κ2) is 13.3. The lowest BCUT2D eigenvalue weighted by Gasteiger charge is -2.02. The normalized spacial score (nSPS) is 12.7. The first-order valence-corrected chi connectivity index (χ1v) is 7.52. The molecule has 0 fully saturated rings.